The molecule has 3 unspecified atom stereocenters. The Labute approximate surface area is 112 Å². The van der Waals surface area contributed by atoms with E-state index < -0.39 is 17.5 Å². The fraction of sp³-hybridized carbons (Fsp3) is 0.846. The molecule has 6 nitrogen and oxygen atoms in total. The molecule has 2 aliphatic rings. The molecule has 19 heavy (non-hydrogen) atoms. The van der Waals surface area contributed by atoms with E-state index in [1.807, 2.05) is 6.92 Å². The summed E-state index contributed by atoms with van der Waals surface area (Å²) >= 11 is 0. The minimum Gasteiger partial charge on any atom is -0.481 e. The first kappa shape index (κ1) is 14.3. The van der Waals surface area contributed by atoms with Crippen molar-refractivity contribution in [2.45, 2.75) is 44.8 Å². The second-order valence-corrected chi connectivity index (χ2v) is 5.76. The van der Waals surface area contributed by atoms with Crippen LogP contribution in [-0.2, 0) is 14.3 Å². The highest BCUT2D eigenvalue weighted by Gasteiger charge is 2.45. The standard InChI is InChI=1S/C13H22N2O4/c1-13(4-2-3-10(13)14)12(18)15-5-6-19-9(8-15)7-11(16)17/h9-10H,2-8,14H2,1H3,(H,16,17). The van der Waals surface area contributed by atoms with Gasteiger partial charge in [-0.05, 0) is 19.8 Å². The highest BCUT2D eigenvalue weighted by molar-refractivity contribution is 5.83. The predicted octanol–water partition coefficient (Wildman–Crippen LogP) is 0.206. The molecule has 2 rings (SSSR count). The Kier molecular flexibility index (Phi) is 4.10. The molecule has 0 aromatic carbocycles. The lowest BCUT2D eigenvalue weighted by Crippen LogP contribution is -2.54. The van der Waals surface area contributed by atoms with Crippen LogP contribution in [0, 0.1) is 5.41 Å². The molecule has 3 atom stereocenters. The third-order valence-electron chi connectivity index (χ3n) is 4.35. The molecule has 3 N–H and O–H groups in total. The Morgan fingerprint density at radius 1 is 1.53 bits per heavy atom. The van der Waals surface area contributed by atoms with Gasteiger partial charge in [-0.15, -0.1) is 0 Å². The van der Waals surface area contributed by atoms with Crippen molar-refractivity contribution in [1.29, 1.82) is 0 Å². The van der Waals surface area contributed by atoms with Crippen molar-refractivity contribution in [3.05, 3.63) is 0 Å². The van der Waals surface area contributed by atoms with Gasteiger partial charge >= 0.3 is 5.97 Å². The number of hydrogen-bond donors (Lipinski definition) is 2. The van der Waals surface area contributed by atoms with Crippen molar-refractivity contribution < 1.29 is 19.4 Å². The van der Waals surface area contributed by atoms with E-state index in [2.05, 4.69) is 0 Å². The summed E-state index contributed by atoms with van der Waals surface area (Å²) in [6.45, 7) is 3.20. The lowest BCUT2D eigenvalue weighted by Gasteiger charge is -2.38. The number of morpholine rings is 1. The van der Waals surface area contributed by atoms with Crippen LogP contribution in [0.5, 0.6) is 0 Å². The van der Waals surface area contributed by atoms with Crippen LogP contribution in [0.1, 0.15) is 32.6 Å². The first-order chi connectivity index (χ1) is 8.93. The molecule has 6 heteroatoms. The summed E-state index contributed by atoms with van der Waals surface area (Å²) < 4.78 is 5.39. The average Bonchev–Trinajstić information content (AvgIpc) is 2.69. The SMILES string of the molecule is CC1(C(=O)N2CCOC(CC(=O)O)C2)CCCC1N. The van der Waals surface area contributed by atoms with Gasteiger partial charge in [-0.25, -0.2) is 0 Å². The molecule has 1 aliphatic carbocycles. The van der Waals surface area contributed by atoms with Crippen LogP contribution in [-0.4, -0.2) is 53.7 Å². The number of hydrogen-bond acceptors (Lipinski definition) is 4. The number of carbonyl (C=O) groups excluding carboxylic acids is 1. The van der Waals surface area contributed by atoms with Gasteiger partial charge < -0.3 is 20.5 Å². The molecule has 1 saturated heterocycles. The van der Waals surface area contributed by atoms with Crippen LogP contribution < -0.4 is 5.73 Å². The number of amides is 1. The second-order valence-electron chi connectivity index (χ2n) is 5.76. The van der Waals surface area contributed by atoms with E-state index in [-0.39, 0.29) is 18.4 Å². The van der Waals surface area contributed by atoms with Gasteiger partial charge in [-0.3, -0.25) is 9.59 Å². The van der Waals surface area contributed by atoms with Crippen molar-refractivity contribution in [3.8, 4) is 0 Å². The first-order valence-corrected chi connectivity index (χ1v) is 6.82. The number of carboxylic acids is 1. The van der Waals surface area contributed by atoms with E-state index in [1.165, 1.54) is 0 Å². The van der Waals surface area contributed by atoms with Gasteiger partial charge in [0.1, 0.15) is 0 Å². The van der Waals surface area contributed by atoms with E-state index in [9.17, 15) is 9.59 Å². The Hall–Kier alpha value is -1.14. The van der Waals surface area contributed by atoms with Crippen molar-refractivity contribution in [3.63, 3.8) is 0 Å². The smallest absolute Gasteiger partial charge is 0.306 e. The number of nitrogens with two attached hydrogens (primary N) is 1. The average molecular weight is 270 g/mol. The molecule has 1 saturated carbocycles. The van der Waals surface area contributed by atoms with Crippen LogP contribution >= 0.6 is 0 Å². The topological polar surface area (TPSA) is 92.9 Å². The normalized spacial score (nSPS) is 35.4. The maximum absolute atomic E-state index is 12.6. The summed E-state index contributed by atoms with van der Waals surface area (Å²) in [7, 11) is 0. The molecule has 0 aromatic heterocycles. The summed E-state index contributed by atoms with van der Waals surface area (Å²) in [6, 6.07) is -0.0965. The number of ether oxygens (including phenoxy) is 1. The molecule has 0 radical (unpaired) electrons. The van der Waals surface area contributed by atoms with E-state index in [1.54, 1.807) is 4.90 Å². The van der Waals surface area contributed by atoms with Crippen molar-refractivity contribution in [2.75, 3.05) is 19.7 Å². The minimum atomic E-state index is -0.900. The van der Waals surface area contributed by atoms with Gasteiger partial charge in [-0.2, -0.15) is 0 Å². The quantitative estimate of drug-likeness (QED) is 0.764. The van der Waals surface area contributed by atoms with Gasteiger partial charge in [0, 0.05) is 19.1 Å². The highest BCUT2D eigenvalue weighted by atomic mass is 16.5. The van der Waals surface area contributed by atoms with E-state index >= 15 is 0 Å². The lowest BCUT2D eigenvalue weighted by molar-refractivity contribution is -0.153. The minimum absolute atomic E-state index is 0.0520. The highest BCUT2D eigenvalue weighted by Crippen LogP contribution is 2.38. The second kappa shape index (κ2) is 5.46. The van der Waals surface area contributed by atoms with Crippen LogP contribution in [0.15, 0.2) is 0 Å². The Balaban J connectivity index is 2.01. The zero-order chi connectivity index (χ0) is 14.0. The van der Waals surface area contributed by atoms with Crippen LogP contribution in [0.4, 0.5) is 0 Å². The zero-order valence-corrected chi connectivity index (χ0v) is 11.3. The molecule has 1 heterocycles. The maximum Gasteiger partial charge on any atom is 0.306 e. The molecule has 0 aromatic rings. The summed E-state index contributed by atoms with van der Waals surface area (Å²) in [6.07, 6.45) is 2.20. The van der Waals surface area contributed by atoms with E-state index in [4.69, 9.17) is 15.6 Å². The van der Waals surface area contributed by atoms with Gasteiger partial charge in [0.15, 0.2) is 0 Å². The summed E-state index contributed by atoms with van der Waals surface area (Å²) in [4.78, 5) is 25.0. The summed E-state index contributed by atoms with van der Waals surface area (Å²) in [5.74, 6) is -0.848. The molecule has 0 spiro atoms. The Bertz CT molecular complexity index is 374. The Morgan fingerprint density at radius 3 is 2.84 bits per heavy atom. The molecular formula is C13H22N2O4. The fourth-order valence-electron chi connectivity index (χ4n) is 3.04. The number of rotatable bonds is 3. The number of aliphatic carboxylic acids is 1. The van der Waals surface area contributed by atoms with Crippen molar-refractivity contribution in [1.82, 2.24) is 4.90 Å². The zero-order valence-electron chi connectivity index (χ0n) is 11.3. The molecule has 108 valence electrons. The van der Waals surface area contributed by atoms with Gasteiger partial charge in [0.05, 0.1) is 24.5 Å². The van der Waals surface area contributed by atoms with Crippen LogP contribution in [0.3, 0.4) is 0 Å². The van der Waals surface area contributed by atoms with E-state index in [0.717, 1.165) is 19.3 Å². The monoisotopic (exact) mass is 270 g/mol. The Morgan fingerprint density at radius 2 is 2.26 bits per heavy atom. The van der Waals surface area contributed by atoms with Crippen molar-refractivity contribution in [2.24, 2.45) is 11.1 Å². The summed E-state index contributed by atoms with van der Waals surface area (Å²) in [5.41, 5.74) is 5.57. The van der Waals surface area contributed by atoms with E-state index in [0.29, 0.717) is 19.7 Å². The number of carboxylic acid groups (broad SMARTS) is 1. The molecular weight excluding hydrogens is 248 g/mol. The third kappa shape index (κ3) is 2.90. The lowest BCUT2D eigenvalue weighted by atomic mass is 9.83. The molecule has 1 aliphatic heterocycles. The summed E-state index contributed by atoms with van der Waals surface area (Å²) in [5, 5.41) is 8.79. The molecule has 1 amide bonds. The predicted molar refractivity (Wildman–Crippen MR) is 68.5 cm³/mol. The van der Waals surface area contributed by atoms with Gasteiger partial charge in [-0.1, -0.05) is 6.42 Å². The largest absolute Gasteiger partial charge is 0.481 e. The van der Waals surface area contributed by atoms with Gasteiger partial charge in [0.2, 0.25) is 5.91 Å². The van der Waals surface area contributed by atoms with Crippen LogP contribution in [0.2, 0.25) is 0 Å². The third-order valence-corrected chi connectivity index (χ3v) is 4.35. The number of carbonyl (C=O) groups is 2. The molecule has 2 fully saturated rings. The van der Waals surface area contributed by atoms with Crippen LogP contribution in [0.25, 0.3) is 0 Å². The first-order valence-electron chi connectivity index (χ1n) is 6.82. The fourth-order valence-corrected chi connectivity index (χ4v) is 3.04. The van der Waals surface area contributed by atoms with Crippen molar-refractivity contribution >= 4 is 11.9 Å². The number of nitrogens with zero attached hydrogens (tertiary/aromatic N) is 1. The van der Waals surface area contributed by atoms with Gasteiger partial charge in [0.25, 0.3) is 0 Å². The molecule has 0 bridgehead atoms. The maximum atomic E-state index is 12.6.